The molecule has 1 amide bonds. The highest BCUT2D eigenvalue weighted by atomic mass is 32.2. The van der Waals surface area contributed by atoms with Gasteiger partial charge in [-0.1, -0.05) is 18.2 Å². The van der Waals surface area contributed by atoms with Crippen LogP contribution in [-0.4, -0.2) is 32.7 Å². The molecule has 136 valence electrons. The quantitative estimate of drug-likeness (QED) is 0.873. The van der Waals surface area contributed by atoms with E-state index >= 15 is 0 Å². The first-order valence-corrected chi connectivity index (χ1v) is 11.2. The Balaban J connectivity index is 1.65. The van der Waals surface area contributed by atoms with E-state index in [0.29, 0.717) is 12.1 Å². The molecule has 2 aliphatic rings. The fraction of sp³-hybridized carbons (Fsp3) is 0.316. The van der Waals surface area contributed by atoms with Gasteiger partial charge in [-0.3, -0.25) is 4.79 Å². The van der Waals surface area contributed by atoms with Crippen molar-refractivity contribution < 1.29 is 13.2 Å². The Bertz CT molecular complexity index is 939. The highest BCUT2D eigenvalue weighted by molar-refractivity contribution is 7.99. The van der Waals surface area contributed by atoms with Crippen molar-refractivity contribution in [2.24, 2.45) is 0 Å². The van der Waals surface area contributed by atoms with Crippen LogP contribution in [0.25, 0.3) is 0 Å². The van der Waals surface area contributed by atoms with Gasteiger partial charge in [0.2, 0.25) is 10.0 Å². The highest BCUT2D eigenvalue weighted by Gasteiger charge is 2.29. The van der Waals surface area contributed by atoms with Crippen LogP contribution in [0.2, 0.25) is 0 Å². The number of thioether (sulfide) groups is 1. The molecule has 0 bridgehead atoms. The standard InChI is InChI=1S/C19H20N2O3S2/c22-19(21-11-4-12-25-18-8-2-1-7-17(18)21)14-5-3-6-16(13-14)26(23,24)20-15-9-10-15/h1-3,5-8,13,15,20H,4,9-12H2. The van der Waals surface area contributed by atoms with E-state index in [2.05, 4.69) is 4.72 Å². The number of hydrogen-bond acceptors (Lipinski definition) is 4. The van der Waals surface area contributed by atoms with E-state index in [-0.39, 0.29) is 16.8 Å². The van der Waals surface area contributed by atoms with Gasteiger partial charge in [0.15, 0.2) is 0 Å². The fourth-order valence-corrected chi connectivity index (χ4v) is 5.32. The zero-order chi connectivity index (χ0) is 18.1. The number of nitrogens with zero attached hydrogens (tertiary/aromatic N) is 1. The SMILES string of the molecule is O=C(c1cccc(S(=O)(=O)NC2CC2)c1)N1CCCSc2ccccc21. The smallest absolute Gasteiger partial charge is 0.258 e. The number of sulfonamides is 1. The Morgan fingerprint density at radius 3 is 2.73 bits per heavy atom. The molecular formula is C19H20N2O3S2. The van der Waals surface area contributed by atoms with Crippen LogP contribution < -0.4 is 9.62 Å². The molecule has 1 N–H and O–H groups in total. The Morgan fingerprint density at radius 1 is 1.12 bits per heavy atom. The number of carbonyl (C=O) groups excluding carboxylic acids is 1. The van der Waals surface area contributed by atoms with Crippen molar-refractivity contribution in [1.82, 2.24) is 4.72 Å². The number of para-hydroxylation sites is 1. The molecule has 0 atom stereocenters. The molecule has 26 heavy (non-hydrogen) atoms. The average molecular weight is 389 g/mol. The second kappa shape index (κ2) is 7.06. The number of rotatable bonds is 4. The molecule has 0 radical (unpaired) electrons. The molecule has 2 aromatic rings. The van der Waals surface area contributed by atoms with Gasteiger partial charge in [0.1, 0.15) is 0 Å². The van der Waals surface area contributed by atoms with Gasteiger partial charge in [0.25, 0.3) is 5.91 Å². The summed E-state index contributed by atoms with van der Waals surface area (Å²) in [5, 5.41) is 0. The van der Waals surface area contributed by atoms with Crippen LogP contribution in [0.3, 0.4) is 0 Å². The zero-order valence-electron chi connectivity index (χ0n) is 14.2. The topological polar surface area (TPSA) is 66.5 Å². The molecule has 0 spiro atoms. The largest absolute Gasteiger partial charge is 0.307 e. The molecule has 2 aromatic carbocycles. The van der Waals surface area contributed by atoms with Crippen molar-refractivity contribution in [3.63, 3.8) is 0 Å². The summed E-state index contributed by atoms with van der Waals surface area (Å²) in [4.78, 5) is 16.1. The van der Waals surface area contributed by atoms with E-state index in [1.54, 1.807) is 28.8 Å². The average Bonchev–Trinajstić information content (AvgIpc) is 3.47. The summed E-state index contributed by atoms with van der Waals surface area (Å²) < 4.78 is 27.6. The number of carbonyl (C=O) groups is 1. The molecule has 1 fully saturated rings. The maximum absolute atomic E-state index is 13.1. The Morgan fingerprint density at radius 2 is 1.92 bits per heavy atom. The Hall–Kier alpha value is -1.83. The number of fused-ring (bicyclic) bond motifs is 1. The third kappa shape index (κ3) is 3.65. The Kier molecular flexibility index (Phi) is 4.77. The molecule has 0 unspecified atom stereocenters. The maximum atomic E-state index is 13.1. The summed E-state index contributed by atoms with van der Waals surface area (Å²) in [5.41, 5.74) is 1.29. The molecule has 1 aliphatic carbocycles. The number of hydrogen-bond donors (Lipinski definition) is 1. The third-order valence-electron chi connectivity index (χ3n) is 4.48. The van der Waals surface area contributed by atoms with Gasteiger partial charge in [0.05, 0.1) is 10.6 Å². The van der Waals surface area contributed by atoms with E-state index in [4.69, 9.17) is 0 Å². The van der Waals surface area contributed by atoms with Gasteiger partial charge in [-0.05, 0) is 55.3 Å². The van der Waals surface area contributed by atoms with E-state index in [9.17, 15) is 13.2 Å². The van der Waals surface area contributed by atoms with Gasteiger partial charge < -0.3 is 4.90 Å². The van der Waals surface area contributed by atoms with Crippen LogP contribution >= 0.6 is 11.8 Å². The molecule has 0 aromatic heterocycles. The second-order valence-electron chi connectivity index (χ2n) is 6.55. The van der Waals surface area contributed by atoms with E-state index < -0.39 is 10.0 Å². The van der Waals surface area contributed by atoms with Crippen LogP contribution in [0.4, 0.5) is 5.69 Å². The van der Waals surface area contributed by atoms with Crippen LogP contribution in [0.15, 0.2) is 58.3 Å². The minimum absolute atomic E-state index is 0.0360. The first-order valence-electron chi connectivity index (χ1n) is 8.71. The summed E-state index contributed by atoms with van der Waals surface area (Å²) in [6.45, 7) is 0.625. The predicted molar refractivity (Wildman–Crippen MR) is 103 cm³/mol. The van der Waals surface area contributed by atoms with Crippen molar-refractivity contribution in [2.45, 2.75) is 35.1 Å². The summed E-state index contributed by atoms with van der Waals surface area (Å²) in [6.07, 6.45) is 2.65. The fourth-order valence-electron chi connectivity index (χ4n) is 2.98. The zero-order valence-corrected chi connectivity index (χ0v) is 15.9. The summed E-state index contributed by atoms with van der Waals surface area (Å²) in [6, 6.07) is 14.2. The lowest BCUT2D eigenvalue weighted by Gasteiger charge is -2.22. The van der Waals surface area contributed by atoms with E-state index in [1.165, 1.54) is 12.1 Å². The van der Waals surface area contributed by atoms with Gasteiger partial charge in [-0.2, -0.15) is 0 Å². The summed E-state index contributed by atoms with van der Waals surface area (Å²) in [5.74, 6) is 0.795. The lowest BCUT2D eigenvalue weighted by atomic mass is 10.1. The molecule has 1 saturated carbocycles. The lowest BCUT2D eigenvalue weighted by Crippen LogP contribution is -2.32. The third-order valence-corrected chi connectivity index (χ3v) is 7.14. The van der Waals surface area contributed by atoms with Crippen molar-refractivity contribution >= 4 is 33.4 Å². The van der Waals surface area contributed by atoms with Gasteiger partial charge in [-0.15, -0.1) is 11.8 Å². The normalized spacial score (nSPS) is 17.5. The number of anilines is 1. The van der Waals surface area contributed by atoms with Crippen LogP contribution in [0, 0.1) is 0 Å². The predicted octanol–water partition coefficient (Wildman–Crippen LogP) is 3.27. The second-order valence-corrected chi connectivity index (χ2v) is 9.40. The van der Waals surface area contributed by atoms with Crippen LogP contribution in [0.5, 0.6) is 0 Å². The number of benzene rings is 2. The first kappa shape index (κ1) is 17.6. The molecule has 5 nitrogen and oxygen atoms in total. The monoisotopic (exact) mass is 388 g/mol. The molecule has 4 rings (SSSR count). The Labute approximate surface area is 157 Å². The minimum atomic E-state index is -3.58. The highest BCUT2D eigenvalue weighted by Crippen LogP contribution is 2.34. The summed E-state index contributed by atoms with van der Waals surface area (Å²) in [7, 11) is -3.58. The molecule has 7 heteroatoms. The molecular weight excluding hydrogens is 368 g/mol. The molecule has 1 heterocycles. The molecule has 0 saturated heterocycles. The number of amides is 1. The van der Waals surface area contributed by atoms with Crippen LogP contribution in [0.1, 0.15) is 29.6 Å². The molecule has 1 aliphatic heterocycles. The van der Waals surface area contributed by atoms with Crippen molar-refractivity contribution in [2.75, 3.05) is 17.2 Å². The number of nitrogens with one attached hydrogen (secondary N) is 1. The van der Waals surface area contributed by atoms with Gasteiger partial charge >= 0.3 is 0 Å². The van der Waals surface area contributed by atoms with Crippen molar-refractivity contribution in [1.29, 1.82) is 0 Å². The van der Waals surface area contributed by atoms with Gasteiger partial charge in [0, 0.05) is 23.0 Å². The first-order chi connectivity index (χ1) is 12.5. The minimum Gasteiger partial charge on any atom is -0.307 e. The van der Waals surface area contributed by atoms with E-state index in [1.807, 2.05) is 24.3 Å². The maximum Gasteiger partial charge on any atom is 0.258 e. The van der Waals surface area contributed by atoms with Gasteiger partial charge in [-0.25, -0.2) is 13.1 Å². The van der Waals surface area contributed by atoms with E-state index in [0.717, 1.165) is 35.6 Å². The van der Waals surface area contributed by atoms with Crippen molar-refractivity contribution in [3.05, 3.63) is 54.1 Å². The summed E-state index contributed by atoms with van der Waals surface area (Å²) >= 11 is 1.75. The van der Waals surface area contributed by atoms with Crippen LogP contribution in [-0.2, 0) is 10.0 Å². The lowest BCUT2D eigenvalue weighted by molar-refractivity contribution is 0.0986. The van der Waals surface area contributed by atoms with Crippen molar-refractivity contribution in [3.8, 4) is 0 Å².